The Kier molecular flexibility index (Phi) is 5.79. The molecule has 9 heteroatoms. The van der Waals surface area contributed by atoms with Crippen molar-refractivity contribution in [1.82, 2.24) is 15.1 Å². The number of anilines is 2. The van der Waals surface area contributed by atoms with Crippen LogP contribution < -0.4 is 10.6 Å². The van der Waals surface area contributed by atoms with Gasteiger partial charge in [0.1, 0.15) is 11.9 Å². The van der Waals surface area contributed by atoms with Crippen molar-refractivity contribution >= 4 is 28.7 Å². The van der Waals surface area contributed by atoms with Crippen LogP contribution >= 0.6 is 11.3 Å². The minimum Gasteiger partial charge on any atom is -0.380 e. The fourth-order valence-corrected chi connectivity index (χ4v) is 4.18. The number of piperidine rings is 1. The topological polar surface area (TPSA) is 96.8 Å². The van der Waals surface area contributed by atoms with Crippen LogP contribution in [0.2, 0.25) is 0 Å². The molecule has 3 heterocycles. The number of carbonyl (C=O) groups excluding carboxylic acids is 1. The predicted octanol–water partition coefficient (Wildman–Crippen LogP) is 3.91. The van der Waals surface area contributed by atoms with E-state index < -0.39 is 11.7 Å². The number of nitrogens with one attached hydrogen (secondary N) is 3. The number of rotatable bonds is 5. The van der Waals surface area contributed by atoms with Crippen molar-refractivity contribution in [2.75, 3.05) is 30.8 Å². The summed E-state index contributed by atoms with van der Waals surface area (Å²) in [6.07, 6.45) is 1.92. The molecule has 0 radical (unpaired) electrons. The lowest BCUT2D eigenvalue weighted by molar-refractivity contribution is 0.102. The van der Waals surface area contributed by atoms with E-state index in [-0.39, 0.29) is 11.6 Å². The Bertz CT molecular complexity index is 1090. The van der Waals surface area contributed by atoms with E-state index in [2.05, 4.69) is 38.8 Å². The van der Waals surface area contributed by atoms with E-state index in [0.717, 1.165) is 30.8 Å². The number of halogens is 1. The average Bonchev–Trinajstić information content (AvgIpc) is 3.40. The van der Waals surface area contributed by atoms with Crippen molar-refractivity contribution in [3.8, 4) is 16.6 Å². The van der Waals surface area contributed by atoms with Crippen molar-refractivity contribution in [1.29, 1.82) is 5.26 Å². The van der Waals surface area contributed by atoms with Gasteiger partial charge in [-0.05, 0) is 57.2 Å². The molecule has 0 unspecified atom stereocenters. The summed E-state index contributed by atoms with van der Waals surface area (Å²) in [5, 5.41) is 23.5. The number of nitriles is 1. The van der Waals surface area contributed by atoms with Gasteiger partial charge in [0.05, 0.1) is 21.8 Å². The Morgan fingerprint density at radius 3 is 2.83 bits per heavy atom. The highest BCUT2D eigenvalue weighted by atomic mass is 32.1. The number of aromatic nitrogens is 2. The maximum Gasteiger partial charge on any atom is 0.256 e. The van der Waals surface area contributed by atoms with Gasteiger partial charge in [-0.1, -0.05) is 0 Å². The molecule has 1 fully saturated rings. The van der Waals surface area contributed by atoms with Gasteiger partial charge in [0, 0.05) is 23.1 Å². The summed E-state index contributed by atoms with van der Waals surface area (Å²) in [7, 11) is 2.08. The van der Waals surface area contributed by atoms with Gasteiger partial charge in [-0.2, -0.15) is 10.4 Å². The minimum absolute atomic E-state index is 0.217. The lowest BCUT2D eigenvalue weighted by Crippen LogP contribution is -2.36. The van der Waals surface area contributed by atoms with Crippen LogP contribution in [0.5, 0.6) is 0 Å². The number of hydrogen-bond acceptors (Lipinski definition) is 6. The lowest BCUT2D eigenvalue weighted by atomic mass is 10.0. The summed E-state index contributed by atoms with van der Waals surface area (Å²) >= 11 is 1.41. The van der Waals surface area contributed by atoms with Crippen LogP contribution in [0.1, 0.15) is 28.8 Å². The number of benzene rings is 1. The second-order valence-electron chi connectivity index (χ2n) is 7.35. The Labute approximate surface area is 177 Å². The smallest absolute Gasteiger partial charge is 0.256 e. The molecule has 2 aromatic heterocycles. The molecule has 1 aromatic carbocycles. The van der Waals surface area contributed by atoms with E-state index in [0.29, 0.717) is 22.8 Å². The molecule has 0 aliphatic carbocycles. The molecule has 0 saturated carbocycles. The highest BCUT2D eigenvalue weighted by molar-refractivity contribution is 7.13. The number of carbonyl (C=O) groups is 1. The monoisotopic (exact) mass is 424 g/mol. The van der Waals surface area contributed by atoms with Crippen molar-refractivity contribution < 1.29 is 9.18 Å². The normalized spacial score (nSPS) is 15.0. The third kappa shape index (κ3) is 4.50. The van der Waals surface area contributed by atoms with Gasteiger partial charge in [-0.3, -0.25) is 9.89 Å². The number of thiophene rings is 1. The van der Waals surface area contributed by atoms with Gasteiger partial charge in [-0.25, -0.2) is 4.39 Å². The van der Waals surface area contributed by atoms with Crippen molar-refractivity contribution in [2.45, 2.75) is 18.9 Å². The SMILES string of the molecule is CN1CCC(Nc2ccc(C(=O)Nc3cc(-c4cc(C#N)cs4)[nH]n3)cc2F)CC1. The summed E-state index contributed by atoms with van der Waals surface area (Å²) in [6.45, 7) is 1.96. The van der Waals surface area contributed by atoms with Crippen molar-refractivity contribution in [3.05, 3.63) is 52.7 Å². The molecule has 7 nitrogen and oxygen atoms in total. The molecule has 1 aliphatic heterocycles. The van der Waals surface area contributed by atoms with Crippen LogP contribution in [0.4, 0.5) is 15.9 Å². The maximum atomic E-state index is 14.5. The van der Waals surface area contributed by atoms with Crippen LogP contribution in [0, 0.1) is 17.1 Å². The minimum atomic E-state index is -0.452. The fraction of sp³-hybridized carbons (Fsp3) is 0.286. The van der Waals surface area contributed by atoms with Gasteiger partial charge in [-0.15, -0.1) is 11.3 Å². The van der Waals surface area contributed by atoms with Crippen LogP contribution in [0.15, 0.2) is 35.7 Å². The summed E-state index contributed by atoms with van der Waals surface area (Å²) in [5.74, 6) is -0.565. The third-order valence-electron chi connectivity index (χ3n) is 5.12. The van der Waals surface area contributed by atoms with Gasteiger partial charge in [0.2, 0.25) is 0 Å². The Hall–Kier alpha value is -3.22. The summed E-state index contributed by atoms with van der Waals surface area (Å²) in [5.41, 5.74) is 1.89. The van der Waals surface area contributed by atoms with Gasteiger partial charge in [0.25, 0.3) is 5.91 Å². The first-order chi connectivity index (χ1) is 14.5. The molecule has 0 atom stereocenters. The maximum absolute atomic E-state index is 14.5. The molecule has 1 saturated heterocycles. The first-order valence-corrected chi connectivity index (χ1v) is 10.5. The summed E-state index contributed by atoms with van der Waals surface area (Å²) in [4.78, 5) is 15.6. The number of hydrogen-bond donors (Lipinski definition) is 3. The van der Waals surface area contributed by atoms with E-state index in [9.17, 15) is 9.18 Å². The highest BCUT2D eigenvalue weighted by Crippen LogP contribution is 2.27. The highest BCUT2D eigenvalue weighted by Gasteiger charge is 2.18. The number of nitrogens with zero attached hydrogens (tertiary/aromatic N) is 3. The molecule has 1 aliphatic rings. The number of likely N-dealkylation sites (tertiary alicyclic amines) is 1. The fourth-order valence-electron chi connectivity index (χ4n) is 3.38. The molecule has 1 amide bonds. The largest absolute Gasteiger partial charge is 0.380 e. The lowest BCUT2D eigenvalue weighted by Gasteiger charge is -2.30. The van der Waals surface area contributed by atoms with E-state index in [1.165, 1.54) is 17.4 Å². The van der Waals surface area contributed by atoms with E-state index in [4.69, 9.17) is 5.26 Å². The Balaban J connectivity index is 1.40. The number of H-pyrrole nitrogens is 1. The van der Waals surface area contributed by atoms with Crippen LogP contribution in [-0.2, 0) is 0 Å². The standard InChI is InChI=1S/C21H21FN6OS/c1-28-6-4-15(5-7-28)24-17-3-2-14(9-16(17)22)21(29)25-20-10-18(26-27-20)19-8-13(11-23)12-30-19/h2-3,8-10,12,15,24H,4-7H2,1H3,(H2,25,26,27,29). The average molecular weight is 425 g/mol. The van der Waals surface area contributed by atoms with Crippen molar-refractivity contribution in [3.63, 3.8) is 0 Å². The van der Waals surface area contributed by atoms with Gasteiger partial charge < -0.3 is 15.5 Å². The number of amides is 1. The molecule has 30 heavy (non-hydrogen) atoms. The molecule has 154 valence electrons. The molecular weight excluding hydrogens is 403 g/mol. The van der Waals surface area contributed by atoms with Crippen LogP contribution in [0.3, 0.4) is 0 Å². The van der Waals surface area contributed by atoms with Crippen LogP contribution in [-0.4, -0.2) is 47.2 Å². The van der Waals surface area contributed by atoms with Gasteiger partial charge in [0.15, 0.2) is 5.82 Å². The Morgan fingerprint density at radius 2 is 2.13 bits per heavy atom. The van der Waals surface area contributed by atoms with Crippen LogP contribution in [0.25, 0.3) is 10.6 Å². The Morgan fingerprint density at radius 1 is 1.33 bits per heavy atom. The van der Waals surface area contributed by atoms with E-state index in [1.54, 1.807) is 29.6 Å². The van der Waals surface area contributed by atoms with Crippen molar-refractivity contribution in [2.24, 2.45) is 0 Å². The second-order valence-corrected chi connectivity index (χ2v) is 8.26. The zero-order chi connectivity index (χ0) is 21.1. The zero-order valence-corrected chi connectivity index (χ0v) is 17.2. The third-order valence-corrected chi connectivity index (χ3v) is 6.09. The molecule has 0 spiro atoms. The summed E-state index contributed by atoms with van der Waals surface area (Å²) in [6, 6.07) is 10.2. The van der Waals surface area contributed by atoms with E-state index in [1.807, 2.05) is 0 Å². The quantitative estimate of drug-likeness (QED) is 0.577. The molecule has 3 aromatic rings. The summed E-state index contributed by atoms with van der Waals surface area (Å²) < 4.78 is 14.5. The van der Waals surface area contributed by atoms with Gasteiger partial charge >= 0.3 is 0 Å². The van der Waals surface area contributed by atoms with E-state index >= 15 is 0 Å². The number of aromatic amines is 1. The molecule has 3 N–H and O–H groups in total. The predicted molar refractivity (Wildman–Crippen MR) is 115 cm³/mol. The molecule has 0 bridgehead atoms. The zero-order valence-electron chi connectivity index (χ0n) is 16.4. The first-order valence-electron chi connectivity index (χ1n) is 9.62. The molecular formula is C21H21FN6OS. The first kappa shape index (κ1) is 20.1. The molecule has 4 rings (SSSR count). The second kappa shape index (κ2) is 8.65.